The highest BCUT2D eigenvalue weighted by atomic mass is 16.2. The Kier molecular flexibility index (Phi) is 5.59. The minimum absolute atomic E-state index is 0.233. The number of fused-ring (bicyclic) bond motifs is 1. The Hall–Kier alpha value is -1.59. The van der Waals surface area contributed by atoms with E-state index in [2.05, 4.69) is 17.2 Å². The molecule has 1 fully saturated rings. The molecular weight excluding hydrogens is 268 g/mol. The summed E-state index contributed by atoms with van der Waals surface area (Å²) in [5.41, 5.74) is 0. The molecule has 2 rings (SSSR count). The van der Waals surface area contributed by atoms with Gasteiger partial charge in [-0.1, -0.05) is 45.4 Å². The van der Waals surface area contributed by atoms with Crippen molar-refractivity contribution in [2.45, 2.75) is 64.1 Å². The van der Waals surface area contributed by atoms with E-state index in [-0.39, 0.29) is 24.1 Å². The van der Waals surface area contributed by atoms with Crippen LogP contribution in [0.2, 0.25) is 0 Å². The normalized spacial score (nSPS) is 24.5. The first-order valence-corrected chi connectivity index (χ1v) is 8.02. The smallest absolute Gasteiger partial charge is 0.325 e. The van der Waals surface area contributed by atoms with E-state index in [1.807, 2.05) is 4.90 Å². The number of urea groups is 1. The van der Waals surface area contributed by atoms with Crippen LogP contribution in [0, 0.1) is 0 Å². The van der Waals surface area contributed by atoms with Crippen molar-refractivity contribution in [3.05, 3.63) is 0 Å². The summed E-state index contributed by atoms with van der Waals surface area (Å²) in [6.07, 6.45) is 10.1. The third-order valence-electron chi connectivity index (χ3n) is 4.24. The van der Waals surface area contributed by atoms with Crippen LogP contribution >= 0.6 is 0 Å². The summed E-state index contributed by atoms with van der Waals surface area (Å²) in [5.74, 6) is -0.233. The van der Waals surface area contributed by atoms with Crippen molar-refractivity contribution >= 4 is 18.3 Å². The number of imide groups is 1. The van der Waals surface area contributed by atoms with E-state index in [1.54, 1.807) is 13.4 Å². The number of aliphatic imine (C=N–C) groups is 1. The Morgan fingerprint density at radius 1 is 1.14 bits per heavy atom. The van der Waals surface area contributed by atoms with Gasteiger partial charge >= 0.3 is 6.03 Å². The van der Waals surface area contributed by atoms with Crippen molar-refractivity contribution in [3.63, 3.8) is 0 Å². The van der Waals surface area contributed by atoms with Crippen molar-refractivity contribution in [2.24, 2.45) is 4.99 Å². The van der Waals surface area contributed by atoms with Gasteiger partial charge in [0.15, 0.2) is 12.2 Å². The summed E-state index contributed by atoms with van der Waals surface area (Å²) in [7, 11) is 1.67. The Balaban J connectivity index is 1.72. The van der Waals surface area contributed by atoms with Crippen molar-refractivity contribution < 1.29 is 9.59 Å². The lowest BCUT2D eigenvalue weighted by molar-refractivity contribution is -0.127. The molecule has 0 spiro atoms. The van der Waals surface area contributed by atoms with E-state index in [0.29, 0.717) is 0 Å². The summed E-state index contributed by atoms with van der Waals surface area (Å²) in [5, 5.41) is 2.38. The molecule has 21 heavy (non-hydrogen) atoms. The third-order valence-corrected chi connectivity index (χ3v) is 4.24. The van der Waals surface area contributed by atoms with Gasteiger partial charge in [0.1, 0.15) is 0 Å². The maximum absolute atomic E-state index is 12.0. The van der Waals surface area contributed by atoms with Crippen LogP contribution in [0.3, 0.4) is 0 Å². The van der Waals surface area contributed by atoms with E-state index >= 15 is 0 Å². The fourth-order valence-corrected chi connectivity index (χ4v) is 2.91. The second-order valence-electron chi connectivity index (χ2n) is 5.89. The number of unbranched alkanes of at least 4 members (excludes halogenated alkanes) is 6. The van der Waals surface area contributed by atoms with Gasteiger partial charge in [-0.05, 0) is 6.42 Å². The number of carbonyl (C=O) groups excluding carboxylic acids is 2. The largest absolute Gasteiger partial charge is 0.347 e. The van der Waals surface area contributed by atoms with Crippen LogP contribution in [0.15, 0.2) is 4.99 Å². The lowest BCUT2D eigenvalue weighted by Gasteiger charge is -2.35. The highest BCUT2D eigenvalue weighted by Gasteiger charge is 2.45. The van der Waals surface area contributed by atoms with Gasteiger partial charge in [0.2, 0.25) is 0 Å². The van der Waals surface area contributed by atoms with E-state index < -0.39 is 0 Å². The molecule has 6 nitrogen and oxygen atoms in total. The van der Waals surface area contributed by atoms with Crippen LogP contribution in [0.4, 0.5) is 4.79 Å². The Morgan fingerprint density at radius 2 is 1.81 bits per heavy atom. The molecule has 0 bridgehead atoms. The molecule has 1 saturated heterocycles. The lowest BCUT2D eigenvalue weighted by Crippen LogP contribution is -2.63. The van der Waals surface area contributed by atoms with Gasteiger partial charge < -0.3 is 9.80 Å². The zero-order valence-corrected chi connectivity index (χ0v) is 13.0. The minimum atomic E-state index is -0.365. The third kappa shape index (κ3) is 3.74. The molecule has 2 aliphatic rings. The molecule has 0 radical (unpaired) electrons. The average Bonchev–Trinajstić information content (AvgIpc) is 2.88. The fraction of sp³-hybridized carbons (Fsp3) is 0.800. The first kappa shape index (κ1) is 15.8. The highest BCUT2D eigenvalue weighted by molar-refractivity contribution is 6.01. The van der Waals surface area contributed by atoms with Crippen LogP contribution in [-0.2, 0) is 4.79 Å². The summed E-state index contributed by atoms with van der Waals surface area (Å²) in [6.45, 7) is 3.05. The highest BCUT2D eigenvalue weighted by Crippen LogP contribution is 2.21. The van der Waals surface area contributed by atoms with Gasteiger partial charge in [0.25, 0.3) is 5.91 Å². The summed E-state index contributed by atoms with van der Waals surface area (Å²) in [6, 6.07) is -0.719. The van der Waals surface area contributed by atoms with Crippen molar-refractivity contribution in [1.82, 2.24) is 15.1 Å². The lowest BCUT2D eigenvalue weighted by atomic mass is 10.1. The van der Waals surface area contributed by atoms with Gasteiger partial charge in [0.05, 0.1) is 6.34 Å². The monoisotopic (exact) mass is 294 g/mol. The van der Waals surface area contributed by atoms with Crippen LogP contribution in [0.5, 0.6) is 0 Å². The number of likely N-dealkylation sites (N-methyl/N-ethyl adjacent to an activating group) is 1. The van der Waals surface area contributed by atoms with Crippen molar-refractivity contribution in [1.29, 1.82) is 0 Å². The van der Waals surface area contributed by atoms with Gasteiger partial charge in [-0.2, -0.15) is 0 Å². The second-order valence-corrected chi connectivity index (χ2v) is 5.89. The second kappa shape index (κ2) is 7.43. The van der Waals surface area contributed by atoms with E-state index in [1.165, 1.54) is 43.4 Å². The SMILES string of the molecule is CCCCCCCCCN1C=NC2C1C(=O)NC(=O)N2C. The van der Waals surface area contributed by atoms with Gasteiger partial charge in [-0.3, -0.25) is 10.1 Å². The Morgan fingerprint density at radius 3 is 2.52 bits per heavy atom. The zero-order chi connectivity index (χ0) is 15.2. The summed E-state index contributed by atoms with van der Waals surface area (Å²) in [4.78, 5) is 31.3. The van der Waals surface area contributed by atoms with E-state index in [9.17, 15) is 9.59 Å². The van der Waals surface area contributed by atoms with E-state index in [4.69, 9.17) is 0 Å². The molecule has 0 saturated carbocycles. The predicted molar refractivity (Wildman–Crippen MR) is 82.1 cm³/mol. The maximum Gasteiger partial charge on any atom is 0.325 e. The number of hydrogen-bond donors (Lipinski definition) is 1. The van der Waals surface area contributed by atoms with Crippen LogP contribution in [0.1, 0.15) is 51.9 Å². The Bertz CT molecular complexity index is 410. The van der Waals surface area contributed by atoms with Gasteiger partial charge in [-0.15, -0.1) is 0 Å². The Labute approximate surface area is 126 Å². The average molecular weight is 294 g/mol. The zero-order valence-electron chi connectivity index (χ0n) is 13.0. The minimum Gasteiger partial charge on any atom is -0.347 e. The molecule has 2 atom stereocenters. The summed E-state index contributed by atoms with van der Waals surface area (Å²) >= 11 is 0. The molecule has 0 aromatic heterocycles. The first-order chi connectivity index (χ1) is 10.1. The van der Waals surface area contributed by atoms with Crippen molar-refractivity contribution in [2.75, 3.05) is 13.6 Å². The number of hydrogen-bond acceptors (Lipinski definition) is 4. The molecule has 6 heteroatoms. The number of amides is 3. The maximum atomic E-state index is 12.0. The summed E-state index contributed by atoms with van der Waals surface area (Å²) < 4.78 is 0. The predicted octanol–water partition coefficient (Wildman–Crippen LogP) is 1.96. The topological polar surface area (TPSA) is 65.0 Å². The van der Waals surface area contributed by atoms with Crippen LogP contribution in [0.25, 0.3) is 0 Å². The fourth-order valence-electron chi connectivity index (χ4n) is 2.91. The number of carbonyl (C=O) groups is 2. The van der Waals surface area contributed by atoms with Crippen molar-refractivity contribution in [3.8, 4) is 0 Å². The molecule has 1 N–H and O–H groups in total. The van der Waals surface area contributed by atoms with Gasteiger partial charge in [-0.25, -0.2) is 9.79 Å². The molecule has 0 aromatic carbocycles. The number of nitrogens with zero attached hydrogens (tertiary/aromatic N) is 3. The molecule has 3 amide bonds. The standard InChI is InChI=1S/C15H26N4O2/c1-3-4-5-6-7-8-9-10-19-11-16-13-12(19)14(20)17-15(21)18(13)2/h11-13H,3-10H2,1-2H3,(H,17,20,21). The van der Waals surface area contributed by atoms with Crippen LogP contribution < -0.4 is 5.32 Å². The molecule has 0 aromatic rings. The van der Waals surface area contributed by atoms with Crippen LogP contribution in [-0.4, -0.2) is 53.9 Å². The molecule has 0 aliphatic carbocycles. The quantitative estimate of drug-likeness (QED) is 0.696. The van der Waals surface area contributed by atoms with Gasteiger partial charge in [0, 0.05) is 13.6 Å². The molecule has 118 valence electrons. The number of nitrogens with one attached hydrogen (secondary N) is 1. The first-order valence-electron chi connectivity index (χ1n) is 8.02. The molecule has 2 heterocycles. The molecule has 2 unspecified atom stereocenters. The molecule has 2 aliphatic heterocycles. The van der Waals surface area contributed by atoms with E-state index in [0.717, 1.165) is 13.0 Å². The molecular formula is C15H26N4O2. The number of rotatable bonds is 8.